The van der Waals surface area contributed by atoms with E-state index in [-0.39, 0.29) is 48.1 Å². The van der Waals surface area contributed by atoms with Crippen molar-refractivity contribution >= 4 is 43.1 Å². The molecular formula is C44H40O4Ti. The molecule has 0 radical (unpaired) electrons. The van der Waals surface area contributed by atoms with Gasteiger partial charge >= 0.3 is 0 Å². The van der Waals surface area contributed by atoms with Crippen molar-refractivity contribution in [3.8, 4) is 0 Å². The Balaban J connectivity index is 0.000000146. The zero-order valence-corrected chi connectivity index (χ0v) is 28.8. The summed E-state index contributed by atoms with van der Waals surface area (Å²) in [6.07, 6.45) is 0. The van der Waals surface area contributed by atoms with Crippen LogP contribution in [-0.4, -0.2) is 20.4 Å². The normalized spacial score (nSPS) is 10.2. The van der Waals surface area contributed by atoms with Gasteiger partial charge in [-0.2, -0.15) is 0 Å². The fraction of sp³-hybridized carbons (Fsp3) is 0.0909. The van der Waals surface area contributed by atoms with Crippen LogP contribution in [-0.2, 0) is 48.1 Å². The summed E-state index contributed by atoms with van der Waals surface area (Å²) >= 11 is 0. The van der Waals surface area contributed by atoms with Gasteiger partial charge < -0.3 is 20.4 Å². The van der Waals surface area contributed by atoms with Crippen LogP contribution < -0.4 is 0 Å². The van der Waals surface area contributed by atoms with Gasteiger partial charge in [-0.05, 0) is 65.3 Å². The Morgan fingerprint density at radius 1 is 0.245 bits per heavy atom. The topological polar surface area (TPSA) is 80.9 Å². The van der Waals surface area contributed by atoms with Crippen molar-refractivity contribution in [3.05, 3.63) is 192 Å². The molecule has 0 fully saturated rings. The van der Waals surface area contributed by atoms with E-state index >= 15 is 0 Å². The third kappa shape index (κ3) is 9.72. The molecule has 0 saturated carbocycles. The van der Waals surface area contributed by atoms with Gasteiger partial charge in [0.2, 0.25) is 0 Å². The maximum Gasteiger partial charge on any atom is 0.0687 e. The van der Waals surface area contributed by atoms with Gasteiger partial charge in [-0.25, -0.2) is 0 Å². The number of hydrogen-bond donors (Lipinski definition) is 4. The summed E-state index contributed by atoms with van der Waals surface area (Å²) in [5, 5.41) is 45.4. The Hall–Kier alpha value is -4.65. The SMILES string of the molecule is OCc1cccc2ccccc12.OCc1cccc2ccccc12.OCc1cccc2ccccc12.OCc1cccc2ccccc12.[Ti]. The van der Waals surface area contributed by atoms with Crippen LogP contribution in [0, 0.1) is 0 Å². The summed E-state index contributed by atoms with van der Waals surface area (Å²) in [5.74, 6) is 0. The number of aliphatic hydroxyl groups excluding tert-OH is 4. The number of hydrogen-bond acceptors (Lipinski definition) is 4. The number of aliphatic hydroxyl groups is 4. The molecule has 8 aromatic carbocycles. The van der Waals surface area contributed by atoms with Crippen molar-refractivity contribution in [3.63, 3.8) is 0 Å². The smallest absolute Gasteiger partial charge is 0.0687 e. The van der Waals surface area contributed by atoms with E-state index in [0.29, 0.717) is 0 Å². The van der Waals surface area contributed by atoms with E-state index in [4.69, 9.17) is 20.4 Å². The molecule has 4 N–H and O–H groups in total. The molecule has 0 saturated heterocycles. The summed E-state index contributed by atoms with van der Waals surface area (Å²) in [6.45, 7) is 0.450. The second kappa shape index (κ2) is 19.4. The van der Waals surface area contributed by atoms with Gasteiger partial charge in [-0.1, -0.05) is 170 Å². The molecule has 49 heavy (non-hydrogen) atoms. The van der Waals surface area contributed by atoms with E-state index in [1.165, 1.54) is 21.5 Å². The first-order chi connectivity index (χ1) is 23.7. The van der Waals surface area contributed by atoms with Crippen LogP contribution in [0.15, 0.2) is 170 Å². The molecule has 0 unspecified atom stereocenters. The van der Waals surface area contributed by atoms with Crippen molar-refractivity contribution in [1.82, 2.24) is 0 Å². The van der Waals surface area contributed by atoms with Crippen LogP contribution in [0.2, 0.25) is 0 Å². The van der Waals surface area contributed by atoms with Crippen LogP contribution in [0.25, 0.3) is 43.1 Å². The van der Waals surface area contributed by atoms with Gasteiger partial charge in [0.15, 0.2) is 0 Å². The van der Waals surface area contributed by atoms with E-state index < -0.39 is 0 Å². The van der Waals surface area contributed by atoms with E-state index in [1.54, 1.807) is 0 Å². The molecule has 4 nitrogen and oxygen atoms in total. The van der Waals surface area contributed by atoms with Gasteiger partial charge in [-0.3, -0.25) is 0 Å². The van der Waals surface area contributed by atoms with Gasteiger partial charge in [0.25, 0.3) is 0 Å². The zero-order chi connectivity index (χ0) is 33.6. The van der Waals surface area contributed by atoms with Crippen molar-refractivity contribution in [2.75, 3.05) is 0 Å². The molecule has 0 aromatic heterocycles. The van der Waals surface area contributed by atoms with E-state index in [9.17, 15) is 0 Å². The maximum atomic E-state index is 9.04. The third-order valence-electron chi connectivity index (χ3n) is 8.20. The Labute approximate surface area is 302 Å². The monoisotopic (exact) mass is 680 g/mol. The molecule has 8 rings (SSSR count). The van der Waals surface area contributed by atoms with Gasteiger partial charge in [0.1, 0.15) is 0 Å². The van der Waals surface area contributed by atoms with E-state index in [0.717, 1.165) is 43.8 Å². The van der Waals surface area contributed by atoms with Crippen LogP contribution in [0.5, 0.6) is 0 Å². The summed E-state index contributed by atoms with van der Waals surface area (Å²) < 4.78 is 0. The van der Waals surface area contributed by atoms with Crippen LogP contribution >= 0.6 is 0 Å². The third-order valence-corrected chi connectivity index (χ3v) is 8.20. The van der Waals surface area contributed by atoms with Crippen molar-refractivity contribution < 1.29 is 42.1 Å². The minimum Gasteiger partial charge on any atom is -0.392 e. The van der Waals surface area contributed by atoms with Crippen LogP contribution in [0.3, 0.4) is 0 Å². The summed E-state index contributed by atoms with van der Waals surface area (Å²) in [7, 11) is 0. The summed E-state index contributed by atoms with van der Waals surface area (Å²) in [5.41, 5.74) is 3.97. The van der Waals surface area contributed by atoms with E-state index in [2.05, 4.69) is 48.5 Å². The fourth-order valence-electron chi connectivity index (χ4n) is 5.72. The molecule has 0 heterocycles. The number of fused-ring (bicyclic) bond motifs is 4. The Bertz CT molecular complexity index is 1870. The van der Waals surface area contributed by atoms with Crippen molar-refractivity contribution in [2.45, 2.75) is 26.4 Å². The number of rotatable bonds is 4. The Morgan fingerprint density at radius 2 is 0.429 bits per heavy atom. The Kier molecular flexibility index (Phi) is 14.7. The first-order valence-electron chi connectivity index (χ1n) is 16.0. The average molecular weight is 681 g/mol. The second-order valence-corrected chi connectivity index (χ2v) is 11.2. The first kappa shape index (κ1) is 37.2. The first-order valence-corrected chi connectivity index (χ1v) is 16.0. The van der Waals surface area contributed by atoms with Crippen LogP contribution in [0.1, 0.15) is 22.3 Å². The van der Waals surface area contributed by atoms with Crippen LogP contribution in [0.4, 0.5) is 0 Å². The van der Waals surface area contributed by atoms with Crippen molar-refractivity contribution in [2.24, 2.45) is 0 Å². The molecule has 0 aliphatic rings. The minimum absolute atomic E-state index is 0. The van der Waals surface area contributed by atoms with Gasteiger partial charge in [-0.15, -0.1) is 0 Å². The maximum absolute atomic E-state index is 9.04. The second-order valence-electron chi connectivity index (χ2n) is 11.2. The molecule has 8 aromatic rings. The summed E-state index contributed by atoms with van der Waals surface area (Å²) in [4.78, 5) is 0. The van der Waals surface area contributed by atoms with Gasteiger partial charge in [0.05, 0.1) is 26.4 Å². The molecule has 5 heteroatoms. The summed E-state index contributed by atoms with van der Waals surface area (Å²) in [6, 6.07) is 56.1. The molecule has 0 amide bonds. The Morgan fingerprint density at radius 3 is 0.633 bits per heavy atom. The zero-order valence-electron chi connectivity index (χ0n) is 27.3. The predicted octanol–water partition coefficient (Wildman–Crippen LogP) is 9.33. The standard InChI is InChI=1S/4C11H10O.Ti/c4*12-8-10-6-3-5-9-4-1-2-7-11(9)10;/h4*1-7,12H,8H2;. The molecule has 0 aliphatic heterocycles. The molecular weight excluding hydrogens is 640 g/mol. The van der Waals surface area contributed by atoms with E-state index in [1.807, 2.05) is 121 Å². The molecule has 0 bridgehead atoms. The minimum atomic E-state index is 0. The van der Waals surface area contributed by atoms with Gasteiger partial charge in [0, 0.05) is 21.7 Å². The molecule has 244 valence electrons. The fourth-order valence-corrected chi connectivity index (χ4v) is 5.72. The largest absolute Gasteiger partial charge is 0.392 e. The molecule has 0 spiro atoms. The predicted molar refractivity (Wildman–Crippen MR) is 199 cm³/mol. The number of benzene rings is 8. The van der Waals surface area contributed by atoms with Crippen molar-refractivity contribution in [1.29, 1.82) is 0 Å². The molecule has 0 atom stereocenters. The molecule has 0 aliphatic carbocycles. The quantitative estimate of drug-likeness (QED) is 0.140. The average Bonchev–Trinajstić information content (AvgIpc) is 3.17.